The summed E-state index contributed by atoms with van der Waals surface area (Å²) in [7, 11) is 4.98. The maximum Gasteiger partial charge on any atom is 0.410 e. The number of likely N-dealkylation sites (N-methyl/N-ethyl adjacent to an activating group) is 2. The molecule has 1 aromatic heterocycles. The minimum atomic E-state index is -1.11. The summed E-state index contributed by atoms with van der Waals surface area (Å²) in [6, 6.07) is 3.93. The second kappa shape index (κ2) is 14.7. The zero-order chi connectivity index (χ0) is 38.1. The lowest BCUT2D eigenvalue weighted by Crippen LogP contribution is -2.62. The molecule has 50 heavy (non-hydrogen) atoms. The summed E-state index contributed by atoms with van der Waals surface area (Å²) in [4.78, 5) is 86.0. The SMILES string of the molecule is C/C(=C\CN(C)C(=O)C(NC(=O)[C@@H](N(C)C(=O)OC(C)(C)C)C(C)(C)c1cn(C)c2ccc(C)cc12)C(C)(C)C)C(=O)ON1C(=O)CCC1=O. The number of hydrogen-bond acceptors (Lipinski definition) is 8. The number of ether oxygens (including phenoxy) is 1. The predicted octanol–water partition coefficient (Wildman–Crippen LogP) is 4.54. The smallest absolute Gasteiger partial charge is 0.410 e. The zero-order valence-corrected chi connectivity index (χ0v) is 31.7. The Balaban J connectivity index is 1.95. The molecule has 0 saturated carbocycles. The Morgan fingerprint density at radius 1 is 0.980 bits per heavy atom. The first kappa shape index (κ1) is 39.8. The highest BCUT2D eigenvalue weighted by atomic mass is 16.7. The molecule has 3 rings (SSSR count). The molecule has 274 valence electrons. The van der Waals surface area contributed by atoms with E-state index in [0.29, 0.717) is 5.06 Å². The van der Waals surface area contributed by atoms with Gasteiger partial charge in [-0.2, -0.15) is 0 Å². The van der Waals surface area contributed by atoms with Crippen LogP contribution >= 0.6 is 0 Å². The highest BCUT2D eigenvalue weighted by molar-refractivity contribution is 6.02. The molecule has 13 nitrogen and oxygen atoms in total. The van der Waals surface area contributed by atoms with Gasteiger partial charge in [-0.25, -0.2) is 9.59 Å². The Kier molecular flexibility index (Phi) is 11.7. The van der Waals surface area contributed by atoms with Crippen molar-refractivity contribution in [3.05, 3.63) is 47.2 Å². The molecule has 1 aliphatic rings. The second-order valence-corrected chi connectivity index (χ2v) is 15.8. The highest BCUT2D eigenvalue weighted by Gasteiger charge is 2.46. The first-order chi connectivity index (χ1) is 22.9. The Labute approximate surface area is 294 Å². The largest absolute Gasteiger partial charge is 0.444 e. The van der Waals surface area contributed by atoms with Crippen molar-refractivity contribution in [3.8, 4) is 0 Å². The third kappa shape index (κ3) is 8.91. The highest BCUT2D eigenvalue weighted by Crippen LogP contribution is 2.37. The Morgan fingerprint density at radius 2 is 1.56 bits per heavy atom. The fourth-order valence-corrected chi connectivity index (χ4v) is 5.94. The minimum Gasteiger partial charge on any atom is -0.444 e. The summed E-state index contributed by atoms with van der Waals surface area (Å²) in [6.07, 6.45) is 2.65. The molecule has 1 aromatic carbocycles. The lowest BCUT2D eigenvalue weighted by molar-refractivity contribution is -0.194. The summed E-state index contributed by atoms with van der Waals surface area (Å²) < 4.78 is 7.68. The monoisotopic (exact) mass is 695 g/mol. The fraction of sp³-hybridized carbons (Fsp3) is 0.568. The minimum absolute atomic E-state index is 0.0285. The van der Waals surface area contributed by atoms with Crippen LogP contribution < -0.4 is 5.32 Å². The fourth-order valence-electron chi connectivity index (χ4n) is 5.94. The van der Waals surface area contributed by atoms with E-state index < -0.39 is 64.2 Å². The topological polar surface area (TPSA) is 148 Å². The molecule has 2 atom stereocenters. The summed E-state index contributed by atoms with van der Waals surface area (Å²) in [5, 5.41) is 4.37. The number of aryl methyl sites for hydroxylation is 2. The summed E-state index contributed by atoms with van der Waals surface area (Å²) in [6.45, 7) is 17.9. The van der Waals surface area contributed by atoms with Crippen LogP contribution in [-0.2, 0) is 46.0 Å². The predicted molar refractivity (Wildman–Crippen MR) is 188 cm³/mol. The molecule has 1 saturated heterocycles. The van der Waals surface area contributed by atoms with Crippen molar-refractivity contribution >= 4 is 46.6 Å². The number of fused-ring (bicyclic) bond motifs is 1. The number of carbonyl (C=O) groups is 6. The lowest BCUT2D eigenvalue weighted by atomic mass is 9.75. The molecule has 2 aromatic rings. The average Bonchev–Trinajstić information content (AvgIpc) is 3.49. The van der Waals surface area contributed by atoms with E-state index in [1.165, 1.54) is 36.9 Å². The molecule has 0 radical (unpaired) electrons. The number of rotatable bonds is 10. The number of amides is 5. The van der Waals surface area contributed by atoms with Crippen LogP contribution in [-0.4, -0.2) is 93.4 Å². The maximum absolute atomic E-state index is 14.6. The van der Waals surface area contributed by atoms with Crippen molar-refractivity contribution in [2.24, 2.45) is 12.5 Å². The number of aromatic nitrogens is 1. The Bertz CT molecular complexity index is 1690. The van der Waals surface area contributed by atoms with Gasteiger partial charge in [0.2, 0.25) is 11.8 Å². The van der Waals surface area contributed by atoms with Gasteiger partial charge in [-0.05, 0) is 57.7 Å². The maximum atomic E-state index is 14.6. The van der Waals surface area contributed by atoms with Gasteiger partial charge in [0.15, 0.2) is 0 Å². The van der Waals surface area contributed by atoms with E-state index in [4.69, 9.17) is 9.57 Å². The van der Waals surface area contributed by atoms with Gasteiger partial charge in [0.25, 0.3) is 11.8 Å². The Morgan fingerprint density at radius 3 is 2.10 bits per heavy atom. The van der Waals surface area contributed by atoms with E-state index in [9.17, 15) is 28.8 Å². The number of nitrogens with zero attached hydrogens (tertiary/aromatic N) is 4. The van der Waals surface area contributed by atoms with E-state index in [1.54, 1.807) is 20.8 Å². The van der Waals surface area contributed by atoms with Gasteiger partial charge in [-0.15, -0.1) is 5.06 Å². The molecule has 1 unspecified atom stereocenters. The van der Waals surface area contributed by atoms with E-state index in [-0.39, 0.29) is 25.0 Å². The number of carbonyl (C=O) groups excluding carboxylic acids is 6. The molecule has 1 aliphatic heterocycles. The molecule has 0 bridgehead atoms. The van der Waals surface area contributed by atoms with E-state index in [2.05, 4.69) is 11.4 Å². The average molecular weight is 696 g/mol. The molecular formula is C37H53N5O8. The molecule has 2 heterocycles. The zero-order valence-electron chi connectivity index (χ0n) is 31.7. The van der Waals surface area contributed by atoms with Gasteiger partial charge in [-0.1, -0.05) is 52.3 Å². The van der Waals surface area contributed by atoms with Crippen LogP contribution in [0.15, 0.2) is 36.0 Å². The second-order valence-electron chi connectivity index (χ2n) is 15.8. The quantitative estimate of drug-likeness (QED) is 0.282. The third-order valence-corrected chi connectivity index (χ3v) is 8.79. The lowest BCUT2D eigenvalue weighted by Gasteiger charge is -2.41. The van der Waals surface area contributed by atoms with Gasteiger partial charge in [0.05, 0.1) is 0 Å². The summed E-state index contributed by atoms with van der Waals surface area (Å²) in [5.74, 6) is -3.08. The van der Waals surface area contributed by atoms with Gasteiger partial charge in [0.1, 0.15) is 17.7 Å². The first-order valence-corrected chi connectivity index (χ1v) is 16.7. The van der Waals surface area contributed by atoms with E-state index in [1.807, 2.05) is 71.5 Å². The number of hydroxylamine groups is 2. The van der Waals surface area contributed by atoms with Crippen molar-refractivity contribution in [2.75, 3.05) is 20.6 Å². The number of nitrogens with one attached hydrogen (secondary N) is 1. The van der Waals surface area contributed by atoms with Gasteiger partial charge >= 0.3 is 12.1 Å². The van der Waals surface area contributed by atoms with Crippen LogP contribution in [0.4, 0.5) is 4.79 Å². The molecule has 5 amide bonds. The van der Waals surface area contributed by atoms with Gasteiger partial charge in [-0.3, -0.25) is 24.1 Å². The third-order valence-electron chi connectivity index (χ3n) is 8.79. The molecule has 0 aliphatic carbocycles. The molecular weight excluding hydrogens is 642 g/mol. The van der Waals surface area contributed by atoms with E-state index >= 15 is 0 Å². The number of imide groups is 1. The Hall–Kier alpha value is -4.68. The van der Waals surface area contributed by atoms with Crippen LogP contribution in [0, 0.1) is 12.3 Å². The molecule has 13 heteroatoms. The number of hydrogen-bond donors (Lipinski definition) is 1. The van der Waals surface area contributed by atoms with Crippen molar-refractivity contribution in [3.63, 3.8) is 0 Å². The summed E-state index contributed by atoms with van der Waals surface area (Å²) in [5.41, 5.74) is 0.364. The van der Waals surface area contributed by atoms with Crippen LogP contribution in [0.5, 0.6) is 0 Å². The normalized spacial score (nSPS) is 15.5. The molecule has 1 N–H and O–H groups in total. The summed E-state index contributed by atoms with van der Waals surface area (Å²) >= 11 is 0. The first-order valence-electron chi connectivity index (χ1n) is 16.7. The number of benzene rings is 1. The standard InChI is InChI=1S/C37H53N5O8/c1-22-14-15-26-24(20-22)25(21-40(26)12)37(9,10)30(41(13)34(48)49-36(6,7)8)31(45)38-29(35(3,4)5)32(46)39(11)19-18-23(2)33(47)50-42-27(43)16-17-28(42)44/h14-15,18,20-21,29-30H,16-17,19H2,1-13H3,(H,38,45)/b23-18+/t29?,30-/m1/s1. The van der Waals surface area contributed by atoms with Gasteiger partial charge < -0.3 is 24.4 Å². The molecule has 0 spiro atoms. The van der Waals surface area contributed by atoms with Crippen LogP contribution in [0.3, 0.4) is 0 Å². The van der Waals surface area contributed by atoms with E-state index in [0.717, 1.165) is 22.0 Å². The van der Waals surface area contributed by atoms with Crippen LogP contribution in [0.2, 0.25) is 0 Å². The van der Waals surface area contributed by atoms with Gasteiger partial charge in [0, 0.05) is 68.6 Å². The van der Waals surface area contributed by atoms with Crippen molar-refractivity contribution in [1.29, 1.82) is 0 Å². The van der Waals surface area contributed by atoms with Crippen molar-refractivity contribution < 1.29 is 38.3 Å². The molecule has 1 fully saturated rings. The van der Waals surface area contributed by atoms with Crippen LogP contribution in [0.1, 0.15) is 86.3 Å². The van der Waals surface area contributed by atoms with Crippen molar-refractivity contribution in [2.45, 2.75) is 105 Å². The van der Waals surface area contributed by atoms with Crippen molar-refractivity contribution in [1.82, 2.24) is 24.7 Å². The van der Waals surface area contributed by atoms with Crippen LogP contribution in [0.25, 0.3) is 10.9 Å².